The Morgan fingerprint density at radius 3 is 2.60 bits per heavy atom. The molecule has 4 nitrogen and oxygen atoms in total. The van der Waals surface area contributed by atoms with Gasteiger partial charge in [-0.2, -0.15) is 0 Å². The number of aryl methyl sites for hydroxylation is 1. The molecule has 0 aliphatic rings. The van der Waals surface area contributed by atoms with Gasteiger partial charge < -0.3 is 14.8 Å². The fraction of sp³-hybridized carbons (Fsp3) is 0.320. The van der Waals surface area contributed by atoms with Gasteiger partial charge >= 0.3 is 6.03 Å². The van der Waals surface area contributed by atoms with Crippen LogP contribution in [0.5, 0.6) is 0 Å². The molecule has 1 heterocycles. The van der Waals surface area contributed by atoms with Crippen LogP contribution in [0.25, 0.3) is 0 Å². The van der Waals surface area contributed by atoms with Crippen molar-refractivity contribution in [1.29, 1.82) is 0 Å². The first-order valence-corrected chi connectivity index (χ1v) is 10.7. The molecule has 3 rings (SSSR count). The van der Waals surface area contributed by atoms with E-state index in [4.69, 9.17) is 11.6 Å². The highest BCUT2D eigenvalue weighted by Gasteiger charge is 2.18. The quantitative estimate of drug-likeness (QED) is 0.462. The second-order valence-corrected chi connectivity index (χ2v) is 8.65. The number of halogens is 1. The molecule has 0 aliphatic heterocycles. The van der Waals surface area contributed by atoms with E-state index in [0.29, 0.717) is 19.0 Å². The van der Waals surface area contributed by atoms with E-state index in [0.717, 1.165) is 34.1 Å². The Bertz CT molecular complexity index is 1010. The Balaban J connectivity index is 1.78. The van der Waals surface area contributed by atoms with Crippen LogP contribution in [0, 0.1) is 19.8 Å². The zero-order valence-corrected chi connectivity index (χ0v) is 18.9. The van der Waals surface area contributed by atoms with Gasteiger partial charge in [-0.05, 0) is 66.8 Å². The highest BCUT2D eigenvalue weighted by Crippen LogP contribution is 2.20. The van der Waals surface area contributed by atoms with Crippen molar-refractivity contribution < 1.29 is 4.79 Å². The SMILES string of the molecule is Cc1cccc(NC(=O)N(Cc2cccn2Cc2cccc(Cl)c2)CC(C)C)c1C. The molecule has 1 N–H and O–H groups in total. The number of hydrogen-bond donors (Lipinski definition) is 1. The minimum absolute atomic E-state index is 0.0760. The predicted molar refractivity (Wildman–Crippen MR) is 125 cm³/mol. The van der Waals surface area contributed by atoms with Crippen molar-refractivity contribution in [3.05, 3.63) is 88.2 Å². The number of rotatable bonds is 7. The van der Waals surface area contributed by atoms with E-state index in [9.17, 15) is 4.79 Å². The molecule has 0 spiro atoms. The van der Waals surface area contributed by atoms with E-state index in [-0.39, 0.29) is 6.03 Å². The van der Waals surface area contributed by atoms with E-state index in [2.05, 4.69) is 48.9 Å². The number of benzene rings is 2. The van der Waals surface area contributed by atoms with Gasteiger partial charge in [-0.15, -0.1) is 0 Å². The van der Waals surface area contributed by atoms with Gasteiger partial charge in [0, 0.05) is 35.7 Å². The number of nitrogens with zero attached hydrogens (tertiary/aromatic N) is 2. The van der Waals surface area contributed by atoms with Crippen molar-refractivity contribution in [2.45, 2.75) is 40.8 Å². The number of hydrogen-bond acceptors (Lipinski definition) is 1. The molecule has 2 amide bonds. The number of anilines is 1. The van der Waals surface area contributed by atoms with Crippen molar-refractivity contribution >= 4 is 23.3 Å². The summed E-state index contributed by atoms with van der Waals surface area (Å²) in [4.78, 5) is 15.0. The maximum atomic E-state index is 13.1. The smallest absolute Gasteiger partial charge is 0.322 e. The third-order valence-corrected chi connectivity index (χ3v) is 5.47. The molecule has 0 fully saturated rings. The fourth-order valence-corrected chi connectivity index (χ4v) is 3.73. The van der Waals surface area contributed by atoms with Crippen molar-refractivity contribution in [3.8, 4) is 0 Å². The Labute approximate surface area is 184 Å². The summed E-state index contributed by atoms with van der Waals surface area (Å²) in [5, 5.41) is 3.84. The van der Waals surface area contributed by atoms with E-state index in [1.54, 1.807) is 0 Å². The lowest BCUT2D eigenvalue weighted by molar-refractivity contribution is 0.200. The lowest BCUT2D eigenvalue weighted by atomic mass is 10.1. The standard InChI is InChI=1S/C25H30ClN3O/c1-18(2)15-29(25(30)27-24-12-5-8-19(3)20(24)4)17-23-11-7-13-28(23)16-21-9-6-10-22(26)14-21/h5-14,18H,15-17H2,1-4H3,(H,27,30). The van der Waals surface area contributed by atoms with Crippen LogP contribution in [0.2, 0.25) is 5.02 Å². The number of aromatic nitrogens is 1. The molecule has 1 aromatic heterocycles. The van der Waals surface area contributed by atoms with Crippen LogP contribution in [0.15, 0.2) is 60.8 Å². The molecule has 0 atom stereocenters. The molecule has 3 aromatic rings. The number of carbonyl (C=O) groups is 1. The normalized spacial score (nSPS) is 11.0. The van der Waals surface area contributed by atoms with Crippen molar-refractivity contribution in [3.63, 3.8) is 0 Å². The maximum Gasteiger partial charge on any atom is 0.322 e. The number of carbonyl (C=O) groups excluding carboxylic acids is 1. The highest BCUT2D eigenvalue weighted by molar-refractivity contribution is 6.30. The maximum absolute atomic E-state index is 13.1. The van der Waals surface area contributed by atoms with E-state index in [1.807, 2.05) is 54.4 Å². The molecule has 30 heavy (non-hydrogen) atoms. The van der Waals surface area contributed by atoms with E-state index >= 15 is 0 Å². The first-order valence-electron chi connectivity index (χ1n) is 10.3. The van der Waals surface area contributed by atoms with E-state index in [1.165, 1.54) is 5.56 Å². The van der Waals surface area contributed by atoms with Crippen LogP contribution < -0.4 is 5.32 Å². The fourth-order valence-electron chi connectivity index (χ4n) is 3.52. The lowest BCUT2D eigenvalue weighted by Gasteiger charge is -2.26. The molecule has 0 bridgehead atoms. The summed E-state index contributed by atoms with van der Waals surface area (Å²) in [7, 11) is 0. The van der Waals surface area contributed by atoms with Crippen LogP contribution in [0.1, 0.15) is 36.2 Å². The Morgan fingerprint density at radius 2 is 1.87 bits per heavy atom. The van der Waals surface area contributed by atoms with E-state index < -0.39 is 0 Å². The summed E-state index contributed by atoms with van der Waals surface area (Å²) in [5.74, 6) is 0.366. The average molecular weight is 424 g/mol. The largest absolute Gasteiger partial charge is 0.345 e. The third kappa shape index (κ3) is 5.67. The van der Waals surface area contributed by atoms with Crippen LogP contribution >= 0.6 is 11.6 Å². The van der Waals surface area contributed by atoms with Crippen LogP contribution in [0.4, 0.5) is 10.5 Å². The number of nitrogens with one attached hydrogen (secondary N) is 1. The third-order valence-electron chi connectivity index (χ3n) is 5.24. The topological polar surface area (TPSA) is 37.3 Å². The van der Waals surface area contributed by atoms with Gasteiger partial charge in [-0.3, -0.25) is 0 Å². The molecule has 2 aromatic carbocycles. The predicted octanol–water partition coefficient (Wildman–Crippen LogP) is 6.50. The van der Waals surface area contributed by atoms with Gasteiger partial charge in [0.05, 0.1) is 6.54 Å². The Hall–Kier alpha value is -2.72. The molecular weight excluding hydrogens is 394 g/mol. The molecule has 0 saturated heterocycles. The van der Waals surface area contributed by atoms with Crippen LogP contribution in [-0.4, -0.2) is 22.0 Å². The summed E-state index contributed by atoms with van der Waals surface area (Å²) in [6, 6.07) is 17.9. The monoisotopic (exact) mass is 423 g/mol. The summed E-state index contributed by atoms with van der Waals surface area (Å²) in [6.07, 6.45) is 2.05. The molecule has 0 radical (unpaired) electrons. The Morgan fingerprint density at radius 1 is 1.10 bits per heavy atom. The first kappa shape index (κ1) is 22.0. The Kier molecular flexibility index (Phi) is 7.22. The second kappa shape index (κ2) is 9.86. The highest BCUT2D eigenvalue weighted by atomic mass is 35.5. The zero-order chi connectivity index (χ0) is 21.7. The van der Waals surface area contributed by atoms with Crippen LogP contribution in [0.3, 0.4) is 0 Å². The molecule has 0 saturated carbocycles. The van der Waals surface area contributed by atoms with Gasteiger partial charge in [-0.1, -0.05) is 49.7 Å². The number of urea groups is 1. The minimum atomic E-state index is -0.0760. The van der Waals surface area contributed by atoms with Gasteiger partial charge in [0.15, 0.2) is 0 Å². The average Bonchev–Trinajstić information content (AvgIpc) is 3.11. The van der Waals surface area contributed by atoms with Crippen LogP contribution in [-0.2, 0) is 13.1 Å². The van der Waals surface area contributed by atoms with Gasteiger partial charge in [0.2, 0.25) is 0 Å². The summed E-state index contributed by atoms with van der Waals surface area (Å²) < 4.78 is 2.17. The summed E-state index contributed by atoms with van der Waals surface area (Å²) >= 11 is 6.14. The van der Waals surface area contributed by atoms with Crippen molar-refractivity contribution in [1.82, 2.24) is 9.47 Å². The molecule has 0 unspecified atom stereocenters. The first-order chi connectivity index (χ1) is 14.3. The molecule has 5 heteroatoms. The van der Waals surface area contributed by atoms with Gasteiger partial charge in [-0.25, -0.2) is 4.79 Å². The minimum Gasteiger partial charge on any atom is -0.345 e. The van der Waals surface area contributed by atoms with Gasteiger partial charge in [0.25, 0.3) is 0 Å². The molecule has 0 aliphatic carbocycles. The lowest BCUT2D eigenvalue weighted by Crippen LogP contribution is -2.37. The number of amides is 2. The zero-order valence-electron chi connectivity index (χ0n) is 18.2. The van der Waals surface area contributed by atoms with Crippen molar-refractivity contribution in [2.75, 3.05) is 11.9 Å². The van der Waals surface area contributed by atoms with Crippen molar-refractivity contribution in [2.24, 2.45) is 5.92 Å². The second-order valence-electron chi connectivity index (χ2n) is 8.21. The summed E-state index contributed by atoms with van der Waals surface area (Å²) in [5.41, 5.74) is 5.35. The molecular formula is C25H30ClN3O. The van der Waals surface area contributed by atoms with Gasteiger partial charge in [0.1, 0.15) is 0 Å². The molecule has 158 valence electrons. The summed E-state index contributed by atoms with van der Waals surface area (Å²) in [6.45, 7) is 10.3.